The molecule has 0 atom stereocenters. The Hall–Kier alpha value is -1.10. The van der Waals surface area contributed by atoms with Gasteiger partial charge in [-0.15, -0.1) is 0 Å². The summed E-state index contributed by atoms with van der Waals surface area (Å²) in [4.78, 5) is 0. The molecule has 5 heteroatoms. The number of ether oxygens (including phenoxy) is 1. The molecule has 2 aliphatic carbocycles. The zero-order chi connectivity index (χ0) is 18.9. The van der Waals surface area contributed by atoms with Crippen molar-refractivity contribution >= 4 is 0 Å². The highest BCUT2D eigenvalue weighted by molar-refractivity contribution is 5.27. The van der Waals surface area contributed by atoms with E-state index in [0.717, 1.165) is 30.9 Å². The molecule has 2 saturated carbocycles. The number of rotatable bonds is 4. The maximum absolute atomic E-state index is 14.4. The van der Waals surface area contributed by atoms with Crippen LogP contribution in [0.3, 0.4) is 0 Å². The van der Waals surface area contributed by atoms with Crippen LogP contribution in [0, 0.1) is 36.3 Å². The second kappa shape index (κ2) is 7.87. The van der Waals surface area contributed by atoms with Crippen LogP contribution in [0.2, 0.25) is 0 Å². The maximum atomic E-state index is 14.4. The molecule has 2 fully saturated rings. The summed E-state index contributed by atoms with van der Waals surface area (Å²) in [5.41, 5.74) is -1.01. The van der Waals surface area contributed by atoms with E-state index in [0.29, 0.717) is 24.7 Å². The summed E-state index contributed by atoms with van der Waals surface area (Å²) in [6.45, 7) is 3.63. The minimum absolute atomic E-state index is 0. The van der Waals surface area contributed by atoms with Crippen molar-refractivity contribution in [1.82, 2.24) is 0 Å². The van der Waals surface area contributed by atoms with Gasteiger partial charge < -0.3 is 4.74 Å². The lowest BCUT2D eigenvalue weighted by Crippen LogP contribution is -2.33. The SMILES string of the molecule is Cc1ccc(C(F)(F)OC2CCC(C3CCC(C)CC3)CC2)c(F)c1F.[HH].[HH]. The van der Waals surface area contributed by atoms with Crippen LogP contribution in [0.5, 0.6) is 0 Å². The predicted molar refractivity (Wildman–Crippen MR) is 97.2 cm³/mol. The molecule has 2 aliphatic rings. The Kier molecular flexibility index (Phi) is 5.95. The molecule has 3 rings (SSSR count). The normalized spacial score (nSPS) is 30.4. The maximum Gasteiger partial charge on any atom is 0.386 e. The van der Waals surface area contributed by atoms with E-state index in [-0.39, 0.29) is 8.42 Å². The summed E-state index contributed by atoms with van der Waals surface area (Å²) in [5.74, 6) is -0.656. The van der Waals surface area contributed by atoms with Crippen LogP contribution in [-0.4, -0.2) is 6.10 Å². The average molecular weight is 376 g/mol. The number of benzene rings is 1. The predicted octanol–water partition coefficient (Wildman–Crippen LogP) is 7.22. The van der Waals surface area contributed by atoms with Gasteiger partial charge in [0.2, 0.25) is 0 Å². The minimum Gasteiger partial charge on any atom is -0.313 e. The standard InChI is InChI=1S/C21H28F4O.2H2/c1-13-3-6-15(7-4-13)16-8-10-17(11-9-16)26-21(24,25)18-12-5-14(2)19(22)20(18)23;;/h5,12-13,15-17H,3-4,6-11H2,1-2H3;2*1H. The van der Waals surface area contributed by atoms with Crippen LogP contribution >= 0.6 is 0 Å². The third kappa shape index (κ3) is 4.24. The van der Waals surface area contributed by atoms with E-state index in [4.69, 9.17) is 4.74 Å². The van der Waals surface area contributed by atoms with Gasteiger partial charge in [0.25, 0.3) is 0 Å². The van der Waals surface area contributed by atoms with Crippen molar-refractivity contribution < 1.29 is 25.2 Å². The van der Waals surface area contributed by atoms with E-state index < -0.39 is 29.4 Å². The lowest BCUT2D eigenvalue weighted by atomic mass is 9.71. The zero-order valence-electron chi connectivity index (χ0n) is 15.5. The fraction of sp³-hybridized carbons (Fsp3) is 0.714. The molecule has 0 heterocycles. The third-order valence-corrected chi connectivity index (χ3v) is 6.35. The molecule has 0 radical (unpaired) electrons. The molecule has 0 spiro atoms. The average Bonchev–Trinajstić information content (AvgIpc) is 2.60. The molecular formula is C21H32F4O. The van der Waals surface area contributed by atoms with Crippen molar-refractivity contribution in [3.8, 4) is 0 Å². The van der Waals surface area contributed by atoms with E-state index in [2.05, 4.69) is 6.92 Å². The van der Waals surface area contributed by atoms with Gasteiger partial charge in [-0.3, -0.25) is 0 Å². The molecule has 0 unspecified atom stereocenters. The van der Waals surface area contributed by atoms with Crippen LogP contribution in [0.15, 0.2) is 12.1 Å². The number of halogens is 4. The summed E-state index contributed by atoms with van der Waals surface area (Å²) >= 11 is 0. The third-order valence-electron chi connectivity index (χ3n) is 6.35. The Balaban J connectivity index is 0.00000196. The van der Waals surface area contributed by atoms with Crippen molar-refractivity contribution in [3.63, 3.8) is 0 Å². The molecule has 0 aliphatic heterocycles. The highest BCUT2D eigenvalue weighted by atomic mass is 19.3. The van der Waals surface area contributed by atoms with Crippen molar-refractivity contribution in [3.05, 3.63) is 34.9 Å². The fourth-order valence-corrected chi connectivity index (χ4v) is 4.58. The molecule has 0 N–H and O–H groups in total. The van der Waals surface area contributed by atoms with E-state index in [1.165, 1.54) is 32.6 Å². The lowest BCUT2D eigenvalue weighted by Gasteiger charge is -2.37. The molecule has 150 valence electrons. The van der Waals surface area contributed by atoms with Gasteiger partial charge in [-0.1, -0.05) is 25.8 Å². The molecule has 0 amide bonds. The monoisotopic (exact) mass is 376 g/mol. The van der Waals surface area contributed by atoms with Gasteiger partial charge in [0, 0.05) is 2.85 Å². The Labute approximate surface area is 156 Å². The Bertz CT molecular complexity index is 625. The highest BCUT2D eigenvalue weighted by Crippen LogP contribution is 2.42. The quantitative estimate of drug-likeness (QED) is 0.504. The number of hydrogen-bond donors (Lipinski definition) is 0. The fourth-order valence-electron chi connectivity index (χ4n) is 4.58. The smallest absolute Gasteiger partial charge is 0.313 e. The van der Waals surface area contributed by atoms with E-state index in [9.17, 15) is 17.6 Å². The van der Waals surface area contributed by atoms with E-state index >= 15 is 0 Å². The first kappa shape index (κ1) is 19.7. The first-order valence-electron chi connectivity index (χ1n) is 9.78. The second-order valence-corrected chi connectivity index (χ2v) is 8.25. The van der Waals surface area contributed by atoms with E-state index in [1.807, 2.05) is 0 Å². The summed E-state index contributed by atoms with van der Waals surface area (Å²) in [6, 6.07) is 2.08. The molecule has 0 bridgehead atoms. The molecule has 0 saturated heterocycles. The highest BCUT2D eigenvalue weighted by Gasteiger charge is 2.41. The lowest BCUT2D eigenvalue weighted by molar-refractivity contribution is -0.279. The number of hydrogen-bond acceptors (Lipinski definition) is 1. The zero-order valence-corrected chi connectivity index (χ0v) is 15.5. The molecule has 1 aromatic rings. The van der Waals surface area contributed by atoms with Gasteiger partial charge in [-0.05, 0) is 74.8 Å². The van der Waals surface area contributed by atoms with Gasteiger partial charge in [0.15, 0.2) is 11.6 Å². The van der Waals surface area contributed by atoms with Crippen molar-refractivity contribution in [1.29, 1.82) is 0 Å². The van der Waals surface area contributed by atoms with Crippen LogP contribution < -0.4 is 0 Å². The van der Waals surface area contributed by atoms with Gasteiger partial charge in [0.1, 0.15) is 0 Å². The van der Waals surface area contributed by atoms with Crippen molar-refractivity contribution in [2.24, 2.45) is 17.8 Å². The van der Waals surface area contributed by atoms with Gasteiger partial charge >= 0.3 is 6.11 Å². The molecule has 1 nitrogen and oxygen atoms in total. The van der Waals surface area contributed by atoms with Crippen LogP contribution in [0.4, 0.5) is 17.6 Å². The second-order valence-electron chi connectivity index (χ2n) is 8.25. The Morgan fingerprint density at radius 3 is 2.00 bits per heavy atom. The first-order chi connectivity index (χ1) is 12.3. The van der Waals surface area contributed by atoms with Crippen LogP contribution in [0.1, 0.15) is 72.3 Å². The van der Waals surface area contributed by atoms with Crippen LogP contribution in [0.25, 0.3) is 0 Å². The summed E-state index contributed by atoms with van der Waals surface area (Å²) in [5, 5.41) is 0. The van der Waals surface area contributed by atoms with Crippen molar-refractivity contribution in [2.45, 2.75) is 77.4 Å². The summed E-state index contributed by atoms with van der Waals surface area (Å²) in [7, 11) is 0. The minimum atomic E-state index is -3.81. The Morgan fingerprint density at radius 1 is 0.885 bits per heavy atom. The number of alkyl halides is 2. The summed E-state index contributed by atoms with van der Waals surface area (Å²) in [6.07, 6.45) is 3.46. The molecule has 26 heavy (non-hydrogen) atoms. The largest absolute Gasteiger partial charge is 0.386 e. The molecule has 1 aromatic carbocycles. The van der Waals surface area contributed by atoms with Gasteiger partial charge in [-0.25, -0.2) is 8.78 Å². The van der Waals surface area contributed by atoms with Crippen molar-refractivity contribution in [2.75, 3.05) is 0 Å². The molecular weight excluding hydrogens is 344 g/mol. The Morgan fingerprint density at radius 2 is 1.42 bits per heavy atom. The molecule has 0 aromatic heterocycles. The number of aryl methyl sites for hydroxylation is 1. The summed E-state index contributed by atoms with van der Waals surface area (Å²) < 4.78 is 61.2. The van der Waals surface area contributed by atoms with Crippen LogP contribution in [-0.2, 0) is 10.8 Å². The van der Waals surface area contributed by atoms with Gasteiger partial charge in [-0.2, -0.15) is 8.78 Å². The topological polar surface area (TPSA) is 9.23 Å². The first-order valence-corrected chi connectivity index (χ1v) is 9.78. The van der Waals surface area contributed by atoms with Gasteiger partial charge in [0.05, 0.1) is 11.7 Å². The van der Waals surface area contributed by atoms with E-state index in [1.54, 1.807) is 0 Å².